The molecule has 0 saturated carbocycles. The summed E-state index contributed by atoms with van der Waals surface area (Å²) in [6.07, 6.45) is 0. The van der Waals surface area contributed by atoms with Gasteiger partial charge in [0.05, 0.1) is 6.61 Å². The molecule has 3 N–H and O–H groups in total. The highest BCUT2D eigenvalue weighted by molar-refractivity contribution is 5.96. The van der Waals surface area contributed by atoms with E-state index in [9.17, 15) is 14.7 Å². The van der Waals surface area contributed by atoms with Crippen molar-refractivity contribution in [3.8, 4) is 5.75 Å². The number of aromatic nitrogens is 4. The topological polar surface area (TPSA) is 143 Å². The van der Waals surface area contributed by atoms with Crippen molar-refractivity contribution in [3.05, 3.63) is 51.8 Å². The second-order valence-corrected chi connectivity index (χ2v) is 8.61. The van der Waals surface area contributed by atoms with Crippen LogP contribution in [0.5, 0.6) is 5.75 Å². The fourth-order valence-electron chi connectivity index (χ4n) is 3.24. The Bertz CT molecular complexity index is 1270. The highest BCUT2D eigenvalue weighted by atomic mass is 16.5. The van der Waals surface area contributed by atoms with E-state index in [1.807, 2.05) is 26.8 Å². The lowest BCUT2D eigenvalue weighted by atomic mass is 9.85. The van der Waals surface area contributed by atoms with Gasteiger partial charge in [0.2, 0.25) is 5.62 Å². The summed E-state index contributed by atoms with van der Waals surface area (Å²) in [5.41, 5.74) is 2.02. The van der Waals surface area contributed by atoms with Crippen molar-refractivity contribution in [3.63, 3.8) is 0 Å². The molecule has 32 heavy (non-hydrogen) atoms. The number of aryl methyl sites for hydroxylation is 1. The first-order valence-electron chi connectivity index (χ1n) is 10.1. The summed E-state index contributed by atoms with van der Waals surface area (Å²) in [7, 11) is 0. The number of aromatic carboxylic acids is 1. The number of Topliss-reactive ketones (excluding diaryl/α,β-unsaturated/α-hetero) is 1. The standard InChI is InChI=1S/C22H27N5O5/c1-12-13(2)19-25-26(21(23)27(19)24-18(12)20(30)31)11-17(29)14-8-15(22(3,4)5)10-16(9-14)32-7-6-28/h8-10,23,28H,6-7,11H2,1-5H3,(H,30,31). The van der Waals surface area contributed by atoms with Gasteiger partial charge in [0.15, 0.2) is 17.1 Å². The Morgan fingerprint density at radius 2 is 1.81 bits per heavy atom. The highest BCUT2D eigenvalue weighted by Crippen LogP contribution is 2.28. The minimum Gasteiger partial charge on any atom is -0.491 e. The van der Waals surface area contributed by atoms with Crippen LogP contribution in [0.3, 0.4) is 0 Å². The van der Waals surface area contributed by atoms with E-state index in [1.54, 1.807) is 26.0 Å². The smallest absolute Gasteiger partial charge is 0.356 e. The molecule has 10 heteroatoms. The number of nitrogens with zero attached hydrogens (tertiary/aromatic N) is 4. The van der Waals surface area contributed by atoms with Crippen molar-refractivity contribution in [1.29, 1.82) is 5.41 Å². The lowest BCUT2D eigenvalue weighted by molar-refractivity contribution is 0.0687. The summed E-state index contributed by atoms with van der Waals surface area (Å²) in [6.45, 7) is 9.12. The number of ketones is 1. The highest BCUT2D eigenvalue weighted by Gasteiger charge is 2.21. The van der Waals surface area contributed by atoms with Crippen LogP contribution in [0.25, 0.3) is 5.65 Å². The van der Waals surface area contributed by atoms with Crippen LogP contribution >= 0.6 is 0 Å². The Morgan fingerprint density at radius 1 is 1.12 bits per heavy atom. The number of benzene rings is 1. The average molecular weight is 441 g/mol. The molecule has 0 radical (unpaired) electrons. The number of nitrogens with one attached hydrogen (secondary N) is 1. The Labute approximate surface area is 184 Å². The van der Waals surface area contributed by atoms with Crippen molar-refractivity contribution in [2.24, 2.45) is 0 Å². The predicted octanol–water partition coefficient (Wildman–Crippen LogP) is 1.88. The Hall–Kier alpha value is -3.53. The van der Waals surface area contributed by atoms with Gasteiger partial charge >= 0.3 is 5.97 Å². The number of aliphatic hydroxyl groups is 1. The minimum absolute atomic E-state index is 0.107. The van der Waals surface area contributed by atoms with E-state index < -0.39 is 5.97 Å². The average Bonchev–Trinajstić information content (AvgIpc) is 3.03. The molecule has 0 aliphatic heterocycles. The Morgan fingerprint density at radius 3 is 2.41 bits per heavy atom. The van der Waals surface area contributed by atoms with Gasteiger partial charge in [0, 0.05) is 11.1 Å². The fourth-order valence-corrected chi connectivity index (χ4v) is 3.24. The minimum atomic E-state index is -1.20. The lowest BCUT2D eigenvalue weighted by Crippen LogP contribution is -2.27. The van der Waals surface area contributed by atoms with E-state index in [-0.39, 0.29) is 42.3 Å². The fraction of sp³-hybridized carbons (Fsp3) is 0.409. The van der Waals surface area contributed by atoms with Gasteiger partial charge in [-0.05, 0) is 48.6 Å². The number of hydrogen-bond donors (Lipinski definition) is 3. The molecule has 0 amide bonds. The number of carboxylic acids is 1. The monoisotopic (exact) mass is 441 g/mol. The molecule has 10 nitrogen and oxygen atoms in total. The molecule has 170 valence electrons. The van der Waals surface area contributed by atoms with Gasteiger partial charge < -0.3 is 14.9 Å². The van der Waals surface area contributed by atoms with E-state index in [0.717, 1.165) is 10.1 Å². The van der Waals surface area contributed by atoms with E-state index in [1.165, 1.54) is 4.68 Å². The molecular formula is C22H27N5O5. The lowest BCUT2D eigenvalue weighted by Gasteiger charge is -2.21. The van der Waals surface area contributed by atoms with E-state index in [2.05, 4.69) is 10.2 Å². The summed E-state index contributed by atoms with van der Waals surface area (Å²) in [6, 6.07) is 5.22. The molecule has 3 aromatic rings. The molecule has 0 atom stereocenters. The maximum atomic E-state index is 13.1. The van der Waals surface area contributed by atoms with E-state index >= 15 is 0 Å². The molecule has 0 unspecified atom stereocenters. The quantitative estimate of drug-likeness (QED) is 0.475. The van der Waals surface area contributed by atoms with E-state index in [0.29, 0.717) is 28.1 Å². The molecule has 3 rings (SSSR count). The van der Waals surface area contributed by atoms with Gasteiger partial charge in [-0.3, -0.25) is 10.2 Å². The molecule has 0 spiro atoms. The summed E-state index contributed by atoms with van der Waals surface area (Å²) in [5.74, 6) is -1.02. The van der Waals surface area contributed by atoms with Crippen molar-refractivity contribution >= 4 is 17.4 Å². The molecule has 0 aliphatic rings. The third-order valence-corrected chi connectivity index (χ3v) is 5.26. The van der Waals surface area contributed by atoms with Gasteiger partial charge in [-0.1, -0.05) is 20.8 Å². The number of fused-ring (bicyclic) bond motifs is 1. The van der Waals surface area contributed by atoms with Crippen LogP contribution < -0.4 is 10.4 Å². The third-order valence-electron chi connectivity index (χ3n) is 5.26. The number of ether oxygens (including phenoxy) is 1. The second-order valence-electron chi connectivity index (χ2n) is 8.61. The zero-order valence-electron chi connectivity index (χ0n) is 18.8. The maximum Gasteiger partial charge on any atom is 0.356 e. The maximum absolute atomic E-state index is 13.1. The molecular weight excluding hydrogens is 414 g/mol. The SMILES string of the molecule is Cc1c(C(=O)O)nn2c(=N)n(CC(=O)c3cc(OCCO)cc(C(C)(C)C)c3)nc2c1C. The van der Waals surface area contributed by atoms with Crippen molar-refractivity contribution in [2.45, 2.75) is 46.6 Å². The predicted molar refractivity (Wildman–Crippen MR) is 115 cm³/mol. The van der Waals surface area contributed by atoms with Crippen LogP contribution in [-0.2, 0) is 12.0 Å². The molecule has 0 aliphatic carbocycles. The largest absolute Gasteiger partial charge is 0.491 e. The first-order valence-corrected chi connectivity index (χ1v) is 10.1. The van der Waals surface area contributed by atoms with Crippen molar-refractivity contribution < 1.29 is 24.5 Å². The summed E-state index contributed by atoms with van der Waals surface area (Å²) >= 11 is 0. The van der Waals surface area contributed by atoms with Gasteiger partial charge in [-0.15, -0.1) is 5.10 Å². The second kappa shape index (κ2) is 8.54. The molecule has 0 bridgehead atoms. The zero-order chi connectivity index (χ0) is 23.8. The van der Waals surface area contributed by atoms with Gasteiger partial charge in [-0.25, -0.2) is 9.48 Å². The summed E-state index contributed by atoms with van der Waals surface area (Å²) in [4.78, 5) is 24.6. The van der Waals surface area contributed by atoms with Crippen LogP contribution in [0.4, 0.5) is 0 Å². The Kier molecular flexibility index (Phi) is 6.18. The zero-order valence-corrected chi connectivity index (χ0v) is 18.8. The van der Waals surface area contributed by atoms with Crippen LogP contribution in [0, 0.1) is 19.3 Å². The van der Waals surface area contributed by atoms with Crippen LogP contribution in [0.1, 0.15) is 58.3 Å². The number of aliphatic hydroxyl groups excluding tert-OH is 1. The van der Waals surface area contributed by atoms with Crippen LogP contribution in [0.2, 0.25) is 0 Å². The molecule has 2 heterocycles. The molecule has 2 aromatic heterocycles. The number of carboxylic acid groups (broad SMARTS) is 1. The first kappa shape index (κ1) is 23.1. The third kappa shape index (κ3) is 4.40. The molecule has 0 saturated heterocycles. The van der Waals surface area contributed by atoms with Gasteiger partial charge in [0.1, 0.15) is 18.9 Å². The number of carbonyl (C=O) groups is 2. The summed E-state index contributed by atoms with van der Waals surface area (Å²) < 4.78 is 7.86. The normalized spacial score (nSPS) is 11.7. The van der Waals surface area contributed by atoms with Crippen LogP contribution in [-0.4, -0.2) is 54.6 Å². The molecule has 1 aromatic carbocycles. The number of carbonyl (C=O) groups excluding carboxylic acids is 1. The van der Waals surface area contributed by atoms with Crippen molar-refractivity contribution in [2.75, 3.05) is 13.2 Å². The van der Waals surface area contributed by atoms with Crippen LogP contribution in [0.15, 0.2) is 18.2 Å². The number of hydrogen-bond acceptors (Lipinski definition) is 7. The first-order chi connectivity index (χ1) is 14.9. The molecule has 0 fully saturated rings. The van der Waals surface area contributed by atoms with E-state index in [4.69, 9.17) is 15.3 Å². The van der Waals surface area contributed by atoms with Crippen molar-refractivity contribution in [1.82, 2.24) is 19.4 Å². The van der Waals surface area contributed by atoms with Gasteiger partial charge in [0.25, 0.3) is 0 Å². The number of rotatable bonds is 7. The Balaban J connectivity index is 2.03. The summed E-state index contributed by atoms with van der Waals surface area (Å²) in [5, 5.41) is 35.1. The van der Waals surface area contributed by atoms with Gasteiger partial charge in [-0.2, -0.15) is 9.61 Å².